The molecule has 1 aliphatic heterocycles. The van der Waals surface area contributed by atoms with Gasteiger partial charge in [0.15, 0.2) is 5.82 Å². The Morgan fingerprint density at radius 3 is 2.60 bits per heavy atom. The van der Waals surface area contributed by atoms with Gasteiger partial charge < -0.3 is 10.6 Å². The van der Waals surface area contributed by atoms with Crippen LogP contribution in [0.4, 0.5) is 10.3 Å². The summed E-state index contributed by atoms with van der Waals surface area (Å²) in [5.41, 5.74) is 3.65. The predicted molar refractivity (Wildman–Crippen MR) is 120 cm³/mol. The summed E-state index contributed by atoms with van der Waals surface area (Å²) >= 11 is 0. The fourth-order valence-corrected chi connectivity index (χ4v) is 4.03. The molecule has 1 aliphatic rings. The van der Waals surface area contributed by atoms with E-state index in [-0.39, 0.29) is 5.82 Å². The zero-order valence-electron chi connectivity index (χ0n) is 17.3. The van der Waals surface area contributed by atoms with Gasteiger partial charge >= 0.3 is 0 Å². The van der Waals surface area contributed by atoms with Crippen molar-refractivity contribution in [1.82, 2.24) is 15.3 Å². The number of aryl methyl sites for hydroxylation is 1. The Morgan fingerprint density at radius 1 is 0.967 bits per heavy atom. The van der Waals surface area contributed by atoms with Crippen molar-refractivity contribution >= 4 is 5.95 Å². The summed E-state index contributed by atoms with van der Waals surface area (Å²) in [6.07, 6.45) is 6.82. The Kier molecular flexibility index (Phi) is 7.03. The predicted octanol–water partition coefficient (Wildman–Crippen LogP) is 4.87. The van der Waals surface area contributed by atoms with Crippen LogP contribution in [-0.2, 0) is 12.8 Å². The molecule has 1 saturated heterocycles. The lowest BCUT2D eigenvalue weighted by Gasteiger charge is -2.22. The molecule has 4 nitrogen and oxygen atoms in total. The quantitative estimate of drug-likeness (QED) is 0.562. The summed E-state index contributed by atoms with van der Waals surface area (Å²) in [4.78, 5) is 8.57. The Hall–Kier alpha value is -2.79. The van der Waals surface area contributed by atoms with Gasteiger partial charge in [-0.05, 0) is 68.3 Å². The highest BCUT2D eigenvalue weighted by atomic mass is 19.1. The van der Waals surface area contributed by atoms with Gasteiger partial charge in [-0.3, -0.25) is 0 Å². The fourth-order valence-electron chi connectivity index (χ4n) is 4.03. The van der Waals surface area contributed by atoms with Crippen LogP contribution in [0.5, 0.6) is 0 Å². The van der Waals surface area contributed by atoms with Crippen LogP contribution in [0.15, 0.2) is 60.8 Å². The Balaban J connectivity index is 1.40. The number of benzene rings is 2. The van der Waals surface area contributed by atoms with E-state index in [1.54, 1.807) is 0 Å². The van der Waals surface area contributed by atoms with E-state index in [0.29, 0.717) is 18.2 Å². The molecular weight excluding hydrogens is 375 g/mol. The molecule has 2 heterocycles. The van der Waals surface area contributed by atoms with Crippen LogP contribution in [0, 0.1) is 11.7 Å². The second-order valence-electron chi connectivity index (χ2n) is 7.98. The van der Waals surface area contributed by atoms with E-state index in [2.05, 4.69) is 44.9 Å². The van der Waals surface area contributed by atoms with Crippen LogP contribution in [0.3, 0.4) is 0 Å². The standard InChI is InChI=1S/C25H29FN4/c26-23-18-29-25(28-16-13-19-5-2-1-3-6-19)30-24(23)22-8-4-7-21(17-22)10-9-20-11-14-27-15-12-20/h1-8,17-18,20,27H,9-16H2,(H,28,29,30). The van der Waals surface area contributed by atoms with E-state index < -0.39 is 0 Å². The van der Waals surface area contributed by atoms with Gasteiger partial charge in [0.05, 0.1) is 6.20 Å². The minimum absolute atomic E-state index is 0.357. The van der Waals surface area contributed by atoms with E-state index in [9.17, 15) is 4.39 Å². The Morgan fingerprint density at radius 2 is 1.77 bits per heavy atom. The zero-order chi connectivity index (χ0) is 20.6. The molecule has 0 saturated carbocycles. The Labute approximate surface area is 178 Å². The maximum absolute atomic E-state index is 14.5. The average molecular weight is 405 g/mol. The third-order valence-electron chi connectivity index (χ3n) is 5.78. The minimum Gasteiger partial charge on any atom is -0.354 e. The Bertz CT molecular complexity index is 939. The first-order valence-electron chi connectivity index (χ1n) is 10.9. The summed E-state index contributed by atoms with van der Waals surface area (Å²) in [5, 5.41) is 6.64. The molecule has 3 aromatic rings. The number of piperidine rings is 1. The molecule has 4 rings (SSSR count). The topological polar surface area (TPSA) is 49.8 Å². The van der Waals surface area contributed by atoms with Crippen molar-refractivity contribution in [1.29, 1.82) is 0 Å². The molecule has 0 amide bonds. The zero-order valence-corrected chi connectivity index (χ0v) is 17.3. The summed E-state index contributed by atoms with van der Waals surface area (Å²) in [6, 6.07) is 18.4. The summed E-state index contributed by atoms with van der Waals surface area (Å²) in [6.45, 7) is 2.94. The van der Waals surface area contributed by atoms with E-state index in [0.717, 1.165) is 37.4 Å². The maximum Gasteiger partial charge on any atom is 0.223 e. The van der Waals surface area contributed by atoms with Crippen molar-refractivity contribution in [3.05, 3.63) is 77.7 Å². The van der Waals surface area contributed by atoms with Gasteiger partial charge in [0.25, 0.3) is 0 Å². The SMILES string of the molecule is Fc1cnc(NCCc2ccccc2)nc1-c1cccc(CCC2CCNCC2)c1. The van der Waals surface area contributed by atoms with Crippen LogP contribution in [-0.4, -0.2) is 29.6 Å². The van der Waals surface area contributed by atoms with Gasteiger partial charge in [-0.25, -0.2) is 14.4 Å². The fraction of sp³-hybridized carbons (Fsp3) is 0.360. The van der Waals surface area contributed by atoms with Crippen molar-refractivity contribution in [3.63, 3.8) is 0 Å². The number of nitrogens with one attached hydrogen (secondary N) is 2. The van der Waals surface area contributed by atoms with E-state index in [1.165, 1.54) is 36.6 Å². The van der Waals surface area contributed by atoms with E-state index in [4.69, 9.17) is 0 Å². The van der Waals surface area contributed by atoms with Crippen molar-refractivity contribution in [3.8, 4) is 11.3 Å². The van der Waals surface area contributed by atoms with Crippen LogP contribution >= 0.6 is 0 Å². The molecule has 0 bridgehead atoms. The normalized spacial score (nSPS) is 14.6. The van der Waals surface area contributed by atoms with Gasteiger partial charge in [0, 0.05) is 12.1 Å². The van der Waals surface area contributed by atoms with Gasteiger partial charge in [-0.2, -0.15) is 0 Å². The largest absolute Gasteiger partial charge is 0.354 e. The third kappa shape index (κ3) is 5.63. The number of anilines is 1. The molecular formula is C25H29FN4. The molecule has 0 spiro atoms. The first-order valence-corrected chi connectivity index (χ1v) is 10.9. The second-order valence-corrected chi connectivity index (χ2v) is 7.98. The maximum atomic E-state index is 14.5. The van der Waals surface area contributed by atoms with Gasteiger partial charge in [-0.15, -0.1) is 0 Å². The molecule has 0 unspecified atom stereocenters. The number of aromatic nitrogens is 2. The number of hydrogen-bond donors (Lipinski definition) is 2. The van der Waals surface area contributed by atoms with Crippen LogP contribution < -0.4 is 10.6 Å². The molecule has 1 fully saturated rings. The lowest BCUT2D eigenvalue weighted by Crippen LogP contribution is -2.27. The summed E-state index contributed by atoms with van der Waals surface area (Å²) in [7, 11) is 0. The van der Waals surface area contributed by atoms with E-state index >= 15 is 0 Å². The number of halogens is 1. The first-order chi connectivity index (χ1) is 14.8. The van der Waals surface area contributed by atoms with Crippen molar-refractivity contribution < 1.29 is 4.39 Å². The van der Waals surface area contributed by atoms with Gasteiger partial charge in [0.1, 0.15) is 5.69 Å². The van der Waals surface area contributed by atoms with Crippen molar-refractivity contribution in [2.45, 2.75) is 32.1 Å². The van der Waals surface area contributed by atoms with Crippen LogP contribution in [0.25, 0.3) is 11.3 Å². The molecule has 0 aliphatic carbocycles. The molecule has 2 aromatic carbocycles. The number of nitrogens with zero attached hydrogens (tertiary/aromatic N) is 2. The molecule has 0 radical (unpaired) electrons. The van der Waals surface area contributed by atoms with Crippen molar-refractivity contribution in [2.24, 2.45) is 5.92 Å². The summed E-state index contributed by atoms with van der Waals surface area (Å²) in [5.74, 6) is 0.854. The lowest BCUT2D eigenvalue weighted by atomic mass is 9.91. The minimum atomic E-state index is -0.390. The molecule has 0 atom stereocenters. The molecule has 156 valence electrons. The van der Waals surface area contributed by atoms with Crippen molar-refractivity contribution in [2.75, 3.05) is 25.0 Å². The lowest BCUT2D eigenvalue weighted by molar-refractivity contribution is 0.354. The molecule has 1 aromatic heterocycles. The first kappa shape index (κ1) is 20.5. The van der Waals surface area contributed by atoms with Crippen LogP contribution in [0.1, 0.15) is 30.4 Å². The molecule has 2 N–H and O–H groups in total. The number of rotatable bonds is 8. The smallest absolute Gasteiger partial charge is 0.223 e. The molecule has 30 heavy (non-hydrogen) atoms. The highest BCUT2D eigenvalue weighted by Crippen LogP contribution is 2.24. The van der Waals surface area contributed by atoms with Gasteiger partial charge in [-0.1, -0.05) is 48.5 Å². The van der Waals surface area contributed by atoms with E-state index in [1.807, 2.05) is 30.3 Å². The average Bonchev–Trinajstić information content (AvgIpc) is 2.80. The molecule has 5 heteroatoms. The highest BCUT2D eigenvalue weighted by molar-refractivity contribution is 5.61. The number of hydrogen-bond acceptors (Lipinski definition) is 4. The third-order valence-corrected chi connectivity index (χ3v) is 5.78. The second kappa shape index (κ2) is 10.3. The summed E-state index contributed by atoms with van der Waals surface area (Å²) < 4.78 is 14.5. The monoisotopic (exact) mass is 404 g/mol. The van der Waals surface area contributed by atoms with Crippen LogP contribution in [0.2, 0.25) is 0 Å². The van der Waals surface area contributed by atoms with Gasteiger partial charge in [0.2, 0.25) is 5.95 Å². The highest BCUT2D eigenvalue weighted by Gasteiger charge is 2.14.